The Bertz CT molecular complexity index is 821. The third-order valence-corrected chi connectivity index (χ3v) is 4.26. The lowest BCUT2D eigenvalue weighted by Gasteiger charge is -2.13. The van der Waals surface area contributed by atoms with E-state index in [9.17, 15) is 23.6 Å². The maximum Gasteiger partial charge on any atom is 0.326 e. The van der Waals surface area contributed by atoms with Crippen molar-refractivity contribution in [1.29, 1.82) is 0 Å². The zero-order valence-corrected chi connectivity index (χ0v) is 15.2. The highest BCUT2D eigenvalue weighted by Gasteiger charge is 2.20. The number of ether oxygens (including phenoxy) is 1. The van der Waals surface area contributed by atoms with Crippen molar-refractivity contribution in [2.24, 2.45) is 0 Å². The van der Waals surface area contributed by atoms with Crippen molar-refractivity contribution in [2.45, 2.75) is 13.0 Å². The Morgan fingerprint density at radius 3 is 2.41 bits per heavy atom. The molecule has 1 atom stereocenters. The van der Waals surface area contributed by atoms with Crippen molar-refractivity contribution in [3.05, 3.63) is 58.0 Å². The van der Waals surface area contributed by atoms with Crippen molar-refractivity contribution in [3.8, 4) is 0 Å². The first-order chi connectivity index (χ1) is 12.9. The third-order valence-electron chi connectivity index (χ3n) is 3.39. The molecule has 0 aliphatic heterocycles. The first-order valence-corrected chi connectivity index (χ1v) is 8.82. The van der Waals surface area contributed by atoms with Gasteiger partial charge in [0.15, 0.2) is 6.10 Å². The summed E-state index contributed by atoms with van der Waals surface area (Å²) >= 11 is 1.24. The molecule has 27 heavy (non-hydrogen) atoms. The van der Waals surface area contributed by atoms with Gasteiger partial charge in [-0.25, -0.2) is 4.39 Å². The molecule has 142 valence electrons. The van der Waals surface area contributed by atoms with Gasteiger partial charge in [-0.2, -0.15) is 0 Å². The number of rotatable bonds is 8. The van der Waals surface area contributed by atoms with Gasteiger partial charge in [-0.15, -0.1) is 11.3 Å². The average Bonchev–Trinajstić information content (AvgIpc) is 3.19. The van der Waals surface area contributed by atoms with E-state index in [1.807, 2.05) is 0 Å². The molecule has 2 amide bonds. The molecule has 7 nitrogen and oxygen atoms in total. The van der Waals surface area contributed by atoms with Gasteiger partial charge in [0, 0.05) is 5.56 Å². The maximum atomic E-state index is 12.9. The molecule has 0 aliphatic carbocycles. The highest BCUT2D eigenvalue weighted by Crippen LogP contribution is 2.08. The summed E-state index contributed by atoms with van der Waals surface area (Å²) in [6.45, 7) is 0.634. The lowest BCUT2D eigenvalue weighted by atomic mass is 10.1. The molecule has 0 bridgehead atoms. The van der Waals surface area contributed by atoms with Gasteiger partial charge in [-0.1, -0.05) is 6.07 Å². The predicted molar refractivity (Wildman–Crippen MR) is 95.9 cm³/mol. The number of hydrogen-bond donors (Lipinski definition) is 2. The Hall–Kier alpha value is -3.07. The summed E-state index contributed by atoms with van der Waals surface area (Å²) in [5.74, 6) is -2.74. The summed E-state index contributed by atoms with van der Waals surface area (Å²) in [6.07, 6.45) is -1.08. The van der Waals surface area contributed by atoms with Crippen LogP contribution in [0, 0.1) is 5.82 Å². The lowest BCUT2D eigenvalue weighted by Crippen LogP contribution is -2.40. The summed E-state index contributed by atoms with van der Waals surface area (Å²) in [6, 6.07) is 8.18. The number of Topliss-reactive ketones (excluding diaryl/α,β-unsaturated/α-hetero) is 1. The maximum absolute atomic E-state index is 12.9. The second kappa shape index (κ2) is 9.58. The smallest absolute Gasteiger partial charge is 0.326 e. The van der Waals surface area contributed by atoms with Crippen molar-refractivity contribution in [3.63, 3.8) is 0 Å². The minimum Gasteiger partial charge on any atom is -0.453 e. The first kappa shape index (κ1) is 20.2. The second-order valence-corrected chi connectivity index (χ2v) is 6.39. The van der Waals surface area contributed by atoms with Crippen LogP contribution in [0.2, 0.25) is 0 Å². The predicted octanol–water partition coefficient (Wildman–Crippen LogP) is 1.55. The number of halogens is 1. The molecule has 0 radical (unpaired) electrons. The summed E-state index contributed by atoms with van der Waals surface area (Å²) in [4.78, 5) is 47.6. The van der Waals surface area contributed by atoms with Crippen LogP contribution in [-0.2, 0) is 14.3 Å². The van der Waals surface area contributed by atoms with Crippen molar-refractivity contribution in [2.75, 3.05) is 13.1 Å². The van der Waals surface area contributed by atoms with Crippen LogP contribution >= 0.6 is 11.3 Å². The van der Waals surface area contributed by atoms with Crippen LogP contribution in [0.25, 0.3) is 0 Å². The molecule has 9 heteroatoms. The van der Waals surface area contributed by atoms with Gasteiger partial charge < -0.3 is 15.4 Å². The summed E-state index contributed by atoms with van der Waals surface area (Å²) in [5.41, 5.74) is 0.206. The number of amides is 2. The van der Waals surface area contributed by atoms with Crippen LogP contribution < -0.4 is 10.6 Å². The van der Waals surface area contributed by atoms with E-state index in [-0.39, 0.29) is 18.0 Å². The zero-order valence-electron chi connectivity index (χ0n) is 14.4. The van der Waals surface area contributed by atoms with Gasteiger partial charge in [0.2, 0.25) is 11.7 Å². The number of benzene rings is 1. The fourth-order valence-electron chi connectivity index (χ4n) is 2.03. The number of carbonyl (C=O) groups is 4. The highest BCUT2D eigenvalue weighted by atomic mass is 32.1. The molecule has 0 saturated carbocycles. The Balaban J connectivity index is 1.71. The summed E-state index contributed by atoms with van der Waals surface area (Å²) < 4.78 is 17.8. The fraction of sp³-hybridized carbons (Fsp3) is 0.222. The second-order valence-electron chi connectivity index (χ2n) is 5.44. The zero-order chi connectivity index (χ0) is 19.8. The van der Waals surface area contributed by atoms with Crippen molar-refractivity contribution >= 4 is 34.9 Å². The first-order valence-electron chi connectivity index (χ1n) is 7.94. The van der Waals surface area contributed by atoms with Crippen LogP contribution in [0.3, 0.4) is 0 Å². The number of esters is 1. The number of carbonyl (C=O) groups excluding carboxylic acids is 4. The van der Waals surface area contributed by atoms with E-state index >= 15 is 0 Å². The molecule has 1 aromatic heterocycles. The van der Waals surface area contributed by atoms with Gasteiger partial charge in [-0.05, 0) is 42.6 Å². The minimum absolute atomic E-state index is 0.206. The van der Waals surface area contributed by atoms with Crippen LogP contribution in [0.15, 0.2) is 41.8 Å². The monoisotopic (exact) mass is 392 g/mol. The highest BCUT2D eigenvalue weighted by molar-refractivity contribution is 7.12. The molecule has 2 rings (SSSR count). The molecule has 2 aromatic rings. The van der Waals surface area contributed by atoms with E-state index in [1.165, 1.54) is 30.4 Å². The summed E-state index contributed by atoms with van der Waals surface area (Å²) in [5, 5.41) is 6.44. The fourth-order valence-corrected chi connectivity index (χ4v) is 2.67. The Kier molecular flexibility index (Phi) is 7.18. The van der Waals surface area contributed by atoms with E-state index in [2.05, 4.69) is 10.6 Å². The molecular weight excluding hydrogens is 375 g/mol. The number of ketones is 1. The van der Waals surface area contributed by atoms with Crippen LogP contribution in [0.1, 0.15) is 27.0 Å². The molecule has 1 heterocycles. The Morgan fingerprint density at radius 1 is 1.07 bits per heavy atom. The van der Waals surface area contributed by atoms with Gasteiger partial charge in [0.25, 0.3) is 5.91 Å². The molecule has 2 N–H and O–H groups in total. The number of thiophene rings is 1. The van der Waals surface area contributed by atoms with Gasteiger partial charge in [0.1, 0.15) is 12.4 Å². The standard InChI is InChI=1S/C18H17FN2O5S/c1-11(17(24)12-4-6-13(19)7-5-12)26-16(23)10-20-15(22)9-21-18(25)14-3-2-8-27-14/h2-8,11H,9-10H2,1H3,(H,20,22)(H,21,25)/t11-/m1/s1. The molecule has 0 saturated heterocycles. The average molecular weight is 392 g/mol. The quantitative estimate of drug-likeness (QED) is 0.524. The van der Waals surface area contributed by atoms with Gasteiger partial charge in [0.05, 0.1) is 11.4 Å². The molecule has 0 spiro atoms. The van der Waals surface area contributed by atoms with E-state index in [0.717, 1.165) is 12.1 Å². The van der Waals surface area contributed by atoms with Crippen LogP contribution in [0.4, 0.5) is 4.39 Å². The van der Waals surface area contributed by atoms with E-state index < -0.39 is 36.1 Å². The molecule has 0 unspecified atom stereocenters. The molecular formula is C18H17FN2O5S. The van der Waals surface area contributed by atoms with Crippen molar-refractivity contribution in [1.82, 2.24) is 10.6 Å². The van der Waals surface area contributed by atoms with Crippen LogP contribution in [0.5, 0.6) is 0 Å². The third kappa shape index (κ3) is 6.30. The van der Waals surface area contributed by atoms with E-state index in [4.69, 9.17) is 4.74 Å². The molecule has 1 aromatic carbocycles. The minimum atomic E-state index is -1.08. The lowest BCUT2D eigenvalue weighted by molar-refractivity contribution is -0.146. The molecule has 0 fully saturated rings. The van der Waals surface area contributed by atoms with Crippen molar-refractivity contribution < 1.29 is 28.3 Å². The topological polar surface area (TPSA) is 102 Å². The van der Waals surface area contributed by atoms with E-state index in [1.54, 1.807) is 17.5 Å². The largest absolute Gasteiger partial charge is 0.453 e. The number of hydrogen-bond acceptors (Lipinski definition) is 6. The van der Waals surface area contributed by atoms with Crippen LogP contribution in [-0.4, -0.2) is 42.8 Å². The van der Waals surface area contributed by atoms with Gasteiger partial charge >= 0.3 is 5.97 Å². The Labute approximate surface area is 158 Å². The summed E-state index contributed by atoms with van der Waals surface area (Å²) in [7, 11) is 0. The molecule has 0 aliphatic rings. The van der Waals surface area contributed by atoms with Gasteiger partial charge in [-0.3, -0.25) is 19.2 Å². The van der Waals surface area contributed by atoms with E-state index in [0.29, 0.717) is 4.88 Å². The SMILES string of the molecule is C[C@@H](OC(=O)CNC(=O)CNC(=O)c1cccs1)C(=O)c1ccc(F)cc1. The number of nitrogens with one attached hydrogen (secondary N) is 2. The normalized spacial score (nSPS) is 11.3. The Morgan fingerprint density at radius 2 is 1.78 bits per heavy atom.